The molecule has 1 aromatic heterocycles. The number of benzene rings is 2. The van der Waals surface area contributed by atoms with E-state index in [1.54, 1.807) is 13.0 Å². The van der Waals surface area contributed by atoms with Crippen LogP contribution in [0.3, 0.4) is 0 Å². The summed E-state index contributed by atoms with van der Waals surface area (Å²) >= 11 is 0. The molecular weight excluding hydrogens is 383 g/mol. The van der Waals surface area contributed by atoms with Gasteiger partial charge in [0.15, 0.2) is 0 Å². The summed E-state index contributed by atoms with van der Waals surface area (Å²) in [4.78, 5) is 13.0. The Morgan fingerprint density at radius 1 is 1.07 bits per heavy atom. The summed E-state index contributed by atoms with van der Waals surface area (Å²) in [7, 11) is 0. The Labute approximate surface area is 165 Å². The largest absolute Gasteiger partial charge is 0.444 e. The minimum Gasteiger partial charge on any atom is -0.444 e. The second-order valence-corrected chi connectivity index (χ2v) is 7.60. The average molecular weight is 404 g/mol. The summed E-state index contributed by atoms with van der Waals surface area (Å²) in [5.74, 6) is 0.691. The summed E-state index contributed by atoms with van der Waals surface area (Å²) in [6.45, 7) is 6.83. The van der Waals surface area contributed by atoms with Gasteiger partial charge in [-0.1, -0.05) is 12.1 Å². The van der Waals surface area contributed by atoms with E-state index >= 15 is 0 Å². The molecule has 1 unspecified atom stereocenters. The molecule has 29 heavy (non-hydrogen) atoms. The van der Waals surface area contributed by atoms with Gasteiger partial charge in [-0.3, -0.25) is 4.90 Å². The smallest absolute Gasteiger partial charge is 0.416 e. The third-order valence-electron chi connectivity index (χ3n) is 5.57. The number of hydrogen-bond acceptors (Lipinski definition) is 3. The van der Waals surface area contributed by atoms with Crippen LogP contribution < -0.4 is 15.3 Å². The van der Waals surface area contributed by atoms with Crippen LogP contribution in [-0.2, 0) is 19.3 Å². The lowest BCUT2D eigenvalue weighted by molar-refractivity contribution is -0.945. The van der Waals surface area contributed by atoms with Crippen molar-refractivity contribution in [3.8, 4) is 5.75 Å². The number of alkyl halides is 3. The molecule has 0 saturated heterocycles. The number of aryl methyl sites for hydroxylation is 2. The van der Waals surface area contributed by atoms with E-state index in [0.29, 0.717) is 42.3 Å². The number of nitrogens with one attached hydrogen (secondary N) is 1. The predicted molar refractivity (Wildman–Crippen MR) is 102 cm³/mol. The van der Waals surface area contributed by atoms with E-state index in [1.807, 2.05) is 19.9 Å². The van der Waals surface area contributed by atoms with Gasteiger partial charge in [-0.15, -0.1) is 0 Å². The van der Waals surface area contributed by atoms with Crippen molar-refractivity contribution in [2.75, 3.05) is 6.73 Å². The lowest BCUT2D eigenvalue weighted by Crippen LogP contribution is -3.10. The number of fused-ring (bicyclic) bond motifs is 2. The molecule has 0 fully saturated rings. The first-order chi connectivity index (χ1) is 13.6. The standard InChI is InChI=1S/C22H20F3NO3/c1-12-13(2)21(27)29-20-14(3)19-16(8-18(12)20)10-26(11-28-19)9-15-5-4-6-17(7-15)22(23,24)25/h4-8H,9-11H2,1-3H3/p+1. The number of rotatable bonds is 2. The van der Waals surface area contributed by atoms with Crippen molar-refractivity contribution in [2.45, 2.75) is 40.0 Å². The maximum absolute atomic E-state index is 13.0. The molecule has 1 aliphatic rings. The first-order valence-electron chi connectivity index (χ1n) is 9.34. The molecule has 0 bridgehead atoms. The maximum atomic E-state index is 13.0. The molecule has 2 heterocycles. The van der Waals surface area contributed by atoms with E-state index in [9.17, 15) is 18.0 Å². The zero-order valence-corrected chi connectivity index (χ0v) is 16.4. The van der Waals surface area contributed by atoms with Crippen LogP contribution in [0.25, 0.3) is 11.0 Å². The molecule has 0 spiro atoms. The molecule has 152 valence electrons. The minimum atomic E-state index is -4.36. The van der Waals surface area contributed by atoms with E-state index < -0.39 is 11.7 Å². The van der Waals surface area contributed by atoms with Gasteiger partial charge in [-0.2, -0.15) is 13.2 Å². The second-order valence-electron chi connectivity index (χ2n) is 7.60. The summed E-state index contributed by atoms with van der Waals surface area (Å²) in [6.07, 6.45) is -4.36. The van der Waals surface area contributed by atoms with Gasteiger partial charge < -0.3 is 9.15 Å². The van der Waals surface area contributed by atoms with Crippen molar-refractivity contribution in [3.63, 3.8) is 0 Å². The molecular formula is C22H21F3NO3+. The third kappa shape index (κ3) is 3.51. The fourth-order valence-electron chi connectivity index (χ4n) is 3.87. The number of hydrogen-bond donors (Lipinski definition) is 1. The van der Waals surface area contributed by atoms with Gasteiger partial charge in [0.25, 0.3) is 0 Å². The Bertz CT molecular complexity index is 1160. The van der Waals surface area contributed by atoms with Crippen molar-refractivity contribution < 1.29 is 27.2 Å². The number of ether oxygens (including phenoxy) is 1. The van der Waals surface area contributed by atoms with Crippen LogP contribution in [0.2, 0.25) is 0 Å². The summed E-state index contributed by atoms with van der Waals surface area (Å²) < 4.78 is 50.3. The van der Waals surface area contributed by atoms with Crippen LogP contribution in [0, 0.1) is 20.8 Å². The van der Waals surface area contributed by atoms with Gasteiger partial charge in [0.2, 0.25) is 6.73 Å². The zero-order chi connectivity index (χ0) is 20.9. The Morgan fingerprint density at radius 3 is 2.55 bits per heavy atom. The second kappa shape index (κ2) is 6.91. The highest BCUT2D eigenvalue weighted by Crippen LogP contribution is 2.34. The quantitative estimate of drug-likeness (QED) is 0.663. The molecule has 2 aromatic carbocycles. The molecule has 1 atom stereocenters. The van der Waals surface area contributed by atoms with E-state index in [0.717, 1.165) is 33.0 Å². The van der Waals surface area contributed by atoms with Crippen LogP contribution >= 0.6 is 0 Å². The number of halogens is 3. The van der Waals surface area contributed by atoms with Crippen molar-refractivity contribution in [1.29, 1.82) is 0 Å². The van der Waals surface area contributed by atoms with Gasteiger partial charge in [0.05, 0.1) is 5.56 Å². The normalized spacial score (nSPS) is 16.6. The summed E-state index contributed by atoms with van der Waals surface area (Å²) in [6, 6.07) is 7.37. The lowest BCUT2D eigenvalue weighted by Gasteiger charge is -2.28. The molecule has 0 aliphatic carbocycles. The lowest BCUT2D eigenvalue weighted by atomic mass is 9.99. The van der Waals surface area contributed by atoms with Crippen LogP contribution in [0.15, 0.2) is 39.5 Å². The first-order valence-corrected chi connectivity index (χ1v) is 9.34. The number of quaternary nitrogens is 1. The Kier molecular flexibility index (Phi) is 4.65. The van der Waals surface area contributed by atoms with Gasteiger partial charge in [-0.25, -0.2) is 4.79 Å². The Balaban J connectivity index is 1.67. The van der Waals surface area contributed by atoms with Crippen molar-refractivity contribution in [3.05, 3.63) is 74.1 Å². The molecule has 1 N–H and O–H groups in total. The highest BCUT2D eigenvalue weighted by molar-refractivity contribution is 5.86. The fourth-order valence-corrected chi connectivity index (χ4v) is 3.87. The first kappa shape index (κ1) is 19.5. The topological polar surface area (TPSA) is 43.9 Å². The molecule has 4 rings (SSSR count). The third-order valence-corrected chi connectivity index (χ3v) is 5.57. The van der Waals surface area contributed by atoms with Crippen LogP contribution in [-0.4, -0.2) is 6.73 Å². The van der Waals surface area contributed by atoms with Crippen LogP contribution in [0.5, 0.6) is 5.75 Å². The van der Waals surface area contributed by atoms with E-state index in [-0.39, 0.29) is 5.63 Å². The molecule has 0 radical (unpaired) electrons. The van der Waals surface area contributed by atoms with E-state index in [1.165, 1.54) is 12.1 Å². The SMILES string of the molecule is Cc1c(C)c2cc3c(c(C)c2oc1=O)OC[NH+](Cc1cccc(C(F)(F)F)c1)C3. The molecule has 0 amide bonds. The molecule has 0 saturated carbocycles. The summed E-state index contributed by atoms with van der Waals surface area (Å²) in [5.41, 5.74) is 3.31. The Hall–Kier alpha value is -2.80. The zero-order valence-electron chi connectivity index (χ0n) is 16.4. The Morgan fingerprint density at radius 2 is 1.83 bits per heavy atom. The van der Waals surface area contributed by atoms with Gasteiger partial charge in [-0.05, 0) is 44.5 Å². The monoisotopic (exact) mass is 404 g/mol. The average Bonchev–Trinajstić information content (AvgIpc) is 2.67. The van der Waals surface area contributed by atoms with E-state index in [2.05, 4.69) is 0 Å². The maximum Gasteiger partial charge on any atom is 0.416 e. The highest BCUT2D eigenvalue weighted by Gasteiger charge is 2.31. The van der Waals surface area contributed by atoms with Crippen LogP contribution in [0.1, 0.15) is 33.4 Å². The summed E-state index contributed by atoms with van der Waals surface area (Å²) in [5, 5.41) is 0.863. The van der Waals surface area contributed by atoms with E-state index in [4.69, 9.17) is 9.15 Å². The molecule has 4 nitrogen and oxygen atoms in total. The fraction of sp³-hybridized carbons (Fsp3) is 0.318. The van der Waals surface area contributed by atoms with Crippen molar-refractivity contribution in [2.24, 2.45) is 0 Å². The van der Waals surface area contributed by atoms with Gasteiger partial charge >= 0.3 is 11.8 Å². The molecule has 1 aliphatic heterocycles. The minimum absolute atomic E-state index is 0.324. The van der Waals surface area contributed by atoms with Crippen LogP contribution in [0.4, 0.5) is 13.2 Å². The van der Waals surface area contributed by atoms with Crippen molar-refractivity contribution in [1.82, 2.24) is 0 Å². The highest BCUT2D eigenvalue weighted by atomic mass is 19.4. The van der Waals surface area contributed by atoms with Gasteiger partial charge in [0.1, 0.15) is 24.4 Å². The molecule has 7 heteroatoms. The van der Waals surface area contributed by atoms with Crippen molar-refractivity contribution >= 4 is 11.0 Å². The molecule has 3 aromatic rings. The predicted octanol–water partition coefficient (Wildman–Crippen LogP) is 3.67. The van der Waals surface area contributed by atoms with Gasteiger partial charge in [0, 0.05) is 27.6 Å².